The Bertz CT molecular complexity index is 203. The minimum Gasteiger partial charge on any atom is -0.458 e. The fourth-order valence-electron chi connectivity index (χ4n) is 0.598. The van der Waals surface area contributed by atoms with Crippen LogP contribution in [0.4, 0.5) is 0 Å². The van der Waals surface area contributed by atoms with Crippen LogP contribution in [0.3, 0.4) is 0 Å². The molecule has 0 aromatic heterocycles. The van der Waals surface area contributed by atoms with Gasteiger partial charge in [-0.2, -0.15) is 12.5 Å². The fourth-order valence-corrected chi connectivity index (χ4v) is 1.63. The predicted octanol–water partition coefficient (Wildman–Crippen LogP) is 0.595. The van der Waals surface area contributed by atoms with Crippen molar-refractivity contribution in [3.63, 3.8) is 0 Å². The van der Waals surface area contributed by atoms with Gasteiger partial charge < -0.3 is 9.47 Å². The van der Waals surface area contributed by atoms with Gasteiger partial charge in [-0.05, 0) is 0 Å². The third kappa shape index (κ3) is 2.57. The molecule has 0 radical (unpaired) electrons. The second-order valence-electron chi connectivity index (χ2n) is 1.95. The summed E-state index contributed by atoms with van der Waals surface area (Å²) in [4.78, 5) is 0. The zero-order chi connectivity index (χ0) is 8.93. The van der Waals surface area contributed by atoms with E-state index in [1.807, 2.05) is 0 Å². The van der Waals surface area contributed by atoms with Gasteiger partial charge >= 0.3 is 0 Å². The zero-order valence-electron chi connectivity index (χ0n) is 6.40. The highest BCUT2D eigenvalue weighted by Gasteiger charge is 2.12. The summed E-state index contributed by atoms with van der Waals surface area (Å²) in [7, 11) is 0. The van der Waals surface area contributed by atoms with E-state index in [-0.39, 0.29) is 0 Å². The first-order valence-corrected chi connectivity index (χ1v) is 4.69. The molecule has 0 unspecified atom stereocenters. The molecule has 7 nitrogen and oxygen atoms in total. The van der Waals surface area contributed by atoms with Crippen LogP contribution in [0, 0.1) is 0 Å². The fraction of sp³-hybridized carbons (Fsp3) is 0.500. The Hall–Kier alpha value is -0.800. The average Bonchev–Trinajstić information content (AvgIpc) is 2.75. The monoisotopic (exact) mass is 222 g/mol. The Morgan fingerprint density at radius 3 is 2.00 bits per heavy atom. The maximum Gasteiger partial charge on any atom is 0.196 e. The third-order valence-electron chi connectivity index (χ3n) is 1.10. The second kappa shape index (κ2) is 4.44. The SMILES string of the molecule is C1=NN(SOSN2COC=N2)CO1. The van der Waals surface area contributed by atoms with Gasteiger partial charge in [0.05, 0.1) is 0 Å². The smallest absolute Gasteiger partial charge is 0.196 e. The lowest BCUT2D eigenvalue weighted by atomic mass is 11.3. The van der Waals surface area contributed by atoms with E-state index in [4.69, 9.17) is 13.1 Å². The molecular formula is C4H6N4O3S2. The molecule has 0 aromatic rings. The highest BCUT2D eigenvalue weighted by atomic mass is 32.2. The minimum atomic E-state index is 0.394. The number of nitrogens with zero attached hydrogens (tertiary/aromatic N) is 4. The summed E-state index contributed by atoms with van der Waals surface area (Å²) in [5, 5.41) is 7.64. The lowest BCUT2D eigenvalue weighted by Gasteiger charge is -2.10. The van der Waals surface area contributed by atoms with Crippen LogP contribution in [-0.4, -0.2) is 35.1 Å². The lowest BCUT2D eigenvalue weighted by molar-refractivity contribution is 0.252. The molecule has 2 heterocycles. The van der Waals surface area contributed by atoms with Crippen LogP contribution in [0.2, 0.25) is 0 Å². The first-order chi connectivity index (χ1) is 6.45. The van der Waals surface area contributed by atoms with Gasteiger partial charge in [0, 0.05) is 0 Å². The van der Waals surface area contributed by atoms with E-state index < -0.39 is 0 Å². The summed E-state index contributed by atoms with van der Waals surface area (Å²) in [5.74, 6) is 0. The van der Waals surface area contributed by atoms with E-state index >= 15 is 0 Å². The van der Waals surface area contributed by atoms with Crippen molar-refractivity contribution in [1.29, 1.82) is 0 Å². The number of rotatable bonds is 4. The molecule has 0 saturated carbocycles. The summed E-state index contributed by atoms with van der Waals surface area (Å²) in [5.41, 5.74) is 0. The lowest BCUT2D eigenvalue weighted by Crippen LogP contribution is -2.07. The molecule has 9 heteroatoms. The Balaban J connectivity index is 1.57. The van der Waals surface area contributed by atoms with Crippen molar-refractivity contribution < 1.29 is 13.1 Å². The van der Waals surface area contributed by atoms with E-state index in [0.717, 1.165) is 24.5 Å². The molecule has 0 aromatic carbocycles. The zero-order valence-corrected chi connectivity index (χ0v) is 8.03. The van der Waals surface area contributed by atoms with Gasteiger partial charge in [0.1, 0.15) is 0 Å². The van der Waals surface area contributed by atoms with Crippen LogP contribution >= 0.6 is 24.5 Å². The normalized spacial score (nSPS) is 19.4. The molecule has 0 aliphatic carbocycles. The van der Waals surface area contributed by atoms with Crippen molar-refractivity contribution in [3.05, 3.63) is 0 Å². The predicted molar refractivity (Wildman–Crippen MR) is 48.8 cm³/mol. The number of hydrogen-bond acceptors (Lipinski definition) is 9. The Labute approximate surface area is 83.3 Å². The van der Waals surface area contributed by atoms with Crippen LogP contribution in [-0.2, 0) is 13.1 Å². The maximum atomic E-state index is 5.10. The van der Waals surface area contributed by atoms with E-state index in [2.05, 4.69) is 10.2 Å². The van der Waals surface area contributed by atoms with E-state index in [9.17, 15) is 0 Å². The minimum absolute atomic E-state index is 0.394. The molecular weight excluding hydrogens is 216 g/mol. The standard InChI is InChI=1S/C4H6N4O3S2/c1-5-7(3-9-1)12-11-13-8-4-10-2-6-8/h1-2H,3-4H2. The van der Waals surface area contributed by atoms with Crippen LogP contribution in [0.1, 0.15) is 0 Å². The average molecular weight is 222 g/mol. The summed E-state index contributed by atoms with van der Waals surface area (Å²) < 4.78 is 17.9. The molecule has 0 amide bonds. The van der Waals surface area contributed by atoms with Crippen LogP contribution < -0.4 is 0 Å². The number of ether oxygens (including phenoxy) is 2. The molecule has 2 aliphatic heterocycles. The summed E-state index contributed by atoms with van der Waals surface area (Å²) in [6.07, 6.45) is 2.72. The van der Waals surface area contributed by atoms with E-state index in [0.29, 0.717) is 13.5 Å². The van der Waals surface area contributed by atoms with Gasteiger partial charge in [-0.3, -0.25) is 0 Å². The maximum absolute atomic E-state index is 5.10. The van der Waals surface area contributed by atoms with Gasteiger partial charge in [0.15, 0.2) is 50.7 Å². The summed E-state index contributed by atoms with van der Waals surface area (Å²) >= 11 is 2.15. The molecule has 13 heavy (non-hydrogen) atoms. The number of hydrogen-bond donors (Lipinski definition) is 0. The van der Waals surface area contributed by atoms with Gasteiger partial charge in [-0.1, -0.05) is 0 Å². The Kier molecular flexibility index (Phi) is 3.00. The third-order valence-corrected chi connectivity index (χ3v) is 2.33. The van der Waals surface area contributed by atoms with Crippen molar-refractivity contribution in [3.8, 4) is 0 Å². The van der Waals surface area contributed by atoms with Crippen LogP contribution in [0.5, 0.6) is 0 Å². The largest absolute Gasteiger partial charge is 0.458 e. The molecule has 2 rings (SSSR count). The molecule has 0 atom stereocenters. The molecule has 0 spiro atoms. The highest BCUT2D eigenvalue weighted by Crippen LogP contribution is 2.24. The van der Waals surface area contributed by atoms with Gasteiger partial charge in [-0.15, -0.1) is 10.2 Å². The van der Waals surface area contributed by atoms with E-state index in [1.54, 1.807) is 8.83 Å². The summed E-state index contributed by atoms with van der Waals surface area (Å²) in [6.45, 7) is 0.788. The topological polar surface area (TPSA) is 58.9 Å². The first kappa shape index (κ1) is 8.78. The molecule has 72 valence electrons. The van der Waals surface area contributed by atoms with Crippen molar-refractivity contribution in [1.82, 2.24) is 8.83 Å². The van der Waals surface area contributed by atoms with Crippen LogP contribution in [0.25, 0.3) is 0 Å². The van der Waals surface area contributed by atoms with Crippen molar-refractivity contribution in [2.75, 3.05) is 13.5 Å². The van der Waals surface area contributed by atoms with Gasteiger partial charge in [0.2, 0.25) is 0 Å². The molecule has 0 fully saturated rings. The van der Waals surface area contributed by atoms with Gasteiger partial charge in [-0.25, -0.2) is 0 Å². The highest BCUT2D eigenvalue weighted by molar-refractivity contribution is 8.05. The molecule has 0 bridgehead atoms. The van der Waals surface area contributed by atoms with Crippen LogP contribution in [0.15, 0.2) is 10.2 Å². The molecule has 0 N–H and O–H groups in total. The number of hydrazone groups is 2. The Morgan fingerprint density at radius 1 is 1.08 bits per heavy atom. The van der Waals surface area contributed by atoms with Gasteiger partial charge in [0.25, 0.3) is 0 Å². The molecule has 2 aliphatic rings. The van der Waals surface area contributed by atoms with E-state index in [1.165, 1.54) is 12.8 Å². The quantitative estimate of drug-likeness (QED) is 0.509. The van der Waals surface area contributed by atoms with Crippen molar-refractivity contribution >= 4 is 37.3 Å². The Morgan fingerprint density at radius 2 is 1.62 bits per heavy atom. The first-order valence-electron chi connectivity index (χ1n) is 3.30. The second-order valence-corrected chi connectivity index (χ2v) is 3.64. The van der Waals surface area contributed by atoms with Crippen molar-refractivity contribution in [2.24, 2.45) is 10.2 Å². The van der Waals surface area contributed by atoms with Crippen molar-refractivity contribution in [2.45, 2.75) is 0 Å². The summed E-state index contributed by atoms with van der Waals surface area (Å²) in [6, 6.07) is 0. The molecule has 0 saturated heterocycles.